The van der Waals surface area contributed by atoms with Gasteiger partial charge in [0, 0.05) is 11.6 Å². The molecule has 1 aromatic carbocycles. The molecule has 0 saturated heterocycles. The van der Waals surface area contributed by atoms with Gasteiger partial charge in [-0.3, -0.25) is 0 Å². The second-order valence-corrected chi connectivity index (χ2v) is 4.05. The summed E-state index contributed by atoms with van der Waals surface area (Å²) in [4.78, 5) is 11.3. The minimum atomic E-state index is -4.06. The number of nitrogens with zero attached hydrogens (tertiary/aromatic N) is 1. The molecule has 0 spiro atoms. The van der Waals surface area contributed by atoms with Gasteiger partial charge in [0.1, 0.15) is 6.04 Å². The number of alkyl halides is 2. The van der Waals surface area contributed by atoms with E-state index in [0.29, 0.717) is 0 Å². The third kappa shape index (κ3) is 3.75. The lowest BCUT2D eigenvalue weighted by Crippen LogP contribution is -2.41. The van der Waals surface area contributed by atoms with E-state index < -0.39 is 29.2 Å². The maximum absolute atomic E-state index is 13.9. The van der Waals surface area contributed by atoms with Crippen LogP contribution in [0.2, 0.25) is 0 Å². The van der Waals surface area contributed by atoms with E-state index in [1.165, 1.54) is 14.0 Å². The molecule has 0 aliphatic carbocycles. The standard InChI is InChI=1S/C13H14F2N2O4.ClH/c1-3-21-12(19)13(14,15)11(17)8-4-7(6-16)5-9(20-2)10(8)18;/h4-5,11,18H,3,17H2,1-2H3;1H/t11-;/m1./s1. The molecule has 0 aromatic heterocycles. The summed E-state index contributed by atoms with van der Waals surface area (Å²) in [6.45, 7) is 1.13. The van der Waals surface area contributed by atoms with Gasteiger partial charge in [-0.2, -0.15) is 14.0 Å². The van der Waals surface area contributed by atoms with Crippen LogP contribution in [0.15, 0.2) is 12.1 Å². The van der Waals surface area contributed by atoms with Crippen molar-refractivity contribution in [3.05, 3.63) is 23.3 Å². The summed E-state index contributed by atoms with van der Waals surface area (Å²) in [6, 6.07) is 1.67. The summed E-state index contributed by atoms with van der Waals surface area (Å²) in [5.41, 5.74) is 4.85. The van der Waals surface area contributed by atoms with E-state index in [1.54, 1.807) is 6.07 Å². The predicted molar refractivity (Wildman–Crippen MR) is 75.1 cm³/mol. The minimum Gasteiger partial charge on any atom is -0.504 e. The Kier molecular flexibility index (Phi) is 7.03. The fourth-order valence-electron chi connectivity index (χ4n) is 1.64. The van der Waals surface area contributed by atoms with Gasteiger partial charge in [0.2, 0.25) is 0 Å². The first kappa shape index (κ1) is 19.9. The number of nitrogens with two attached hydrogens (primary N) is 1. The Morgan fingerprint density at radius 2 is 2.14 bits per heavy atom. The average molecular weight is 337 g/mol. The smallest absolute Gasteiger partial charge is 0.379 e. The Bertz CT molecular complexity index is 590. The number of halogens is 3. The van der Waals surface area contributed by atoms with E-state index in [2.05, 4.69) is 4.74 Å². The number of aromatic hydroxyl groups is 1. The quantitative estimate of drug-likeness (QED) is 0.795. The summed E-state index contributed by atoms with van der Waals surface area (Å²) in [5.74, 6) is -6.72. The molecule has 0 aliphatic heterocycles. The molecule has 3 N–H and O–H groups in total. The monoisotopic (exact) mass is 336 g/mol. The van der Waals surface area contributed by atoms with E-state index in [1.807, 2.05) is 0 Å². The zero-order chi connectivity index (χ0) is 16.2. The lowest BCUT2D eigenvalue weighted by atomic mass is 9.98. The highest BCUT2D eigenvalue weighted by Crippen LogP contribution is 2.40. The maximum Gasteiger partial charge on any atom is 0.379 e. The van der Waals surface area contributed by atoms with Crippen LogP contribution in [0.4, 0.5) is 8.78 Å². The zero-order valence-corrected chi connectivity index (χ0v) is 12.6. The number of methoxy groups -OCH3 is 1. The SMILES string of the molecule is CCOC(=O)C(F)(F)[C@H](N)c1cc(C#N)cc(OC)c1O.Cl. The first-order valence-corrected chi connectivity index (χ1v) is 5.91. The maximum atomic E-state index is 13.9. The van der Waals surface area contributed by atoms with Crippen molar-refractivity contribution < 1.29 is 28.2 Å². The van der Waals surface area contributed by atoms with Crippen molar-refractivity contribution in [2.75, 3.05) is 13.7 Å². The average Bonchev–Trinajstić information content (AvgIpc) is 2.46. The predicted octanol–water partition coefficient (Wildman–Crippen LogP) is 1.89. The van der Waals surface area contributed by atoms with Crippen molar-refractivity contribution in [1.82, 2.24) is 0 Å². The van der Waals surface area contributed by atoms with Gasteiger partial charge in [-0.25, -0.2) is 4.79 Å². The second kappa shape index (κ2) is 7.77. The first-order chi connectivity index (χ1) is 9.79. The van der Waals surface area contributed by atoms with E-state index in [0.717, 1.165) is 12.1 Å². The number of esters is 1. The van der Waals surface area contributed by atoms with Crippen LogP contribution >= 0.6 is 12.4 Å². The van der Waals surface area contributed by atoms with E-state index in [4.69, 9.17) is 15.7 Å². The largest absolute Gasteiger partial charge is 0.504 e. The highest BCUT2D eigenvalue weighted by Gasteiger charge is 2.49. The van der Waals surface area contributed by atoms with Crippen LogP contribution in [-0.4, -0.2) is 30.7 Å². The molecule has 22 heavy (non-hydrogen) atoms. The van der Waals surface area contributed by atoms with E-state index >= 15 is 0 Å². The van der Waals surface area contributed by atoms with Gasteiger partial charge in [0.25, 0.3) is 0 Å². The molecule has 0 unspecified atom stereocenters. The summed E-state index contributed by atoms with van der Waals surface area (Å²) < 4.78 is 36.8. The lowest BCUT2D eigenvalue weighted by molar-refractivity contribution is -0.174. The van der Waals surface area contributed by atoms with Crippen LogP contribution in [0.3, 0.4) is 0 Å². The van der Waals surface area contributed by atoms with Crippen molar-refractivity contribution >= 4 is 18.4 Å². The Morgan fingerprint density at radius 1 is 1.55 bits per heavy atom. The number of phenols is 1. The number of benzene rings is 1. The van der Waals surface area contributed by atoms with Crippen LogP contribution in [0.1, 0.15) is 24.1 Å². The fraction of sp³-hybridized carbons (Fsp3) is 0.385. The first-order valence-electron chi connectivity index (χ1n) is 5.91. The number of hydrogen-bond acceptors (Lipinski definition) is 6. The molecule has 9 heteroatoms. The third-order valence-electron chi connectivity index (χ3n) is 2.73. The molecular weight excluding hydrogens is 322 g/mol. The van der Waals surface area contributed by atoms with Crippen LogP contribution in [0, 0.1) is 11.3 Å². The molecule has 0 heterocycles. The van der Waals surface area contributed by atoms with E-state index in [9.17, 15) is 18.7 Å². The highest BCUT2D eigenvalue weighted by atomic mass is 35.5. The molecule has 1 aromatic rings. The number of carbonyl (C=O) groups excluding carboxylic acids is 1. The van der Waals surface area contributed by atoms with Crippen molar-refractivity contribution in [3.63, 3.8) is 0 Å². The molecule has 0 saturated carbocycles. The Morgan fingerprint density at radius 3 is 2.59 bits per heavy atom. The molecule has 6 nitrogen and oxygen atoms in total. The molecule has 0 bridgehead atoms. The molecule has 0 fully saturated rings. The topological polar surface area (TPSA) is 106 Å². The number of nitriles is 1. The van der Waals surface area contributed by atoms with Crippen LogP contribution in [0.5, 0.6) is 11.5 Å². The Hall–Kier alpha value is -2.11. The third-order valence-corrected chi connectivity index (χ3v) is 2.73. The number of carbonyl (C=O) groups is 1. The van der Waals surface area contributed by atoms with Gasteiger partial charge in [-0.05, 0) is 13.0 Å². The molecular formula is C13H15ClF2N2O4. The molecule has 0 aliphatic rings. The molecule has 0 amide bonds. The number of hydrogen-bond donors (Lipinski definition) is 2. The zero-order valence-electron chi connectivity index (χ0n) is 11.8. The Labute approximate surface area is 131 Å². The van der Waals surface area contributed by atoms with Crippen molar-refractivity contribution in [2.24, 2.45) is 5.73 Å². The Balaban J connectivity index is 0.00000441. The highest BCUT2D eigenvalue weighted by molar-refractivity contribution is 5.85. The number of phenolic OH excluding ortho intramolecular Hbond substituents is 1. The van der Waals surface area contributed by atoms with Gasteiger partial charge in [0.05, 0.1) is 25.3 Å². The minimum absolute atomic E-state index is 0. The van der Waals surface area contributed by atoms with Crippen molar-refractivity contribution in [1.29, 1.82) is 5.26 Å². The summed E-state index contributed by atoms with van der Waals surface area (Å²) in [5, 5.41) is 18.7. The van der Waals surface area contributed by atoms with Crippen molar-refractivity contribution in [3.8, 4) is 17.6 Å². The van der Waals surface area contributed by atoms with Crippen LogP contribution < -0.4 is 10.5 Å². The van der Waals surface area contributed by atoms with Gasteiger partial charge in [0.15, 0.2) is 11.5 Å². The molecule has 0 radical (unpaired) electrons. The number of ether oxygens (including phenoxy) is 2. The summed E-state index contributed by atoms with van der Waals surface area (Å²) in [7, 11) is 1.19. The lowest BCUT2D eigenvalue weighted by Gasteiger charge is -2.23. The molecule has 1 atom stereocenters. The second-order valence-electron chi connectivity index (χ2n) is 4.05. The van der Waals surface area contributed by atoms with Gasteiger partial charge >= 0.3 is 11.9 Å². The number of rotatable bonds is 5. The normalized spacial score (nSPS) is 11.8. The molecule has 122 valence electrons. The van der Waals surface area contributed by atoms with Crippen LogP contribution in [-0.2, 0) is 9.53 Å². The van der Waals surface area contributed by atoms with Gasteiger partial charge in [-0.1, -0.05) is 0 Å². The van der Waals surface area contributed by atoms with E-state index in [-0.39, 0.29) is 30.3 Å². The van der Waals surface area contributed by atoms with Crippen LogP contribution in [0.25, 0.3) is 0 Å². The summed E-state index contributed by atoms with van der Waals surface area (Å²) >= 11 is 0. The molecule has 1 rings (SSSR count). The van der Waals surface area contributed by atoms with Gasteiger partial charge in [-0.15, -0.1) is 12.4 Å². The fourth-order valence-corrected chi connectivity index (χ4v) is 1.64. The van der Waals surface area contributed by atoms with Gasteiger partial charge < -0.3 is 20.3 Å². The van der Waals surface area contributed by atoms with Crippen molar-refractivity contribution in [2.45, 2.75) is 18.9 Å². The summed E-state index contributed by atoms with van der Waals surface area (Å²) in [6.07, 6.45) is 0.